The molecular formula is C10H11F2IN2. The Morgan fingerprint density at radius 1 is 1.27 bits per heavy atom. The quantitative estimate of drug-likeness (QED) is 0.583. The third-order valence-corrected chi connectivity index (χ3v) is 3.21. The van der Waals surface area contributed by atoms with Crippen LogP contribution in [0.25, 0.3) is 0 Å². The van der Waals surface area contributed by atoms with Gasteiger partial charge in [-0.15, -0.1) is 0 Å². The van der Waals surface area contributed by atoms with Crippen LogP contribution in [0.15, 0.2) is 18.3 Å². The van der Waals surface area contributed by atoms with Crippen LogP contribution in [0.3, 0.4) is 0 Å². The maximum atomic E-state index is 12.9. The number of halogens is 3. The van der Waals surface area contributed by atoms with Gasteiger partial charge >= 0.3 is 0 Å². The molecule has 1 aromatic heterocycles. The molecule has 0 N–H and O–H groups in total. The van der Waals surface area contributed by atoms with Crippen LogP contribution in [-0.2, 0) is 0 Å². The zero-order valence-corrected chi connectivity index (χ0v) is 10.2. The summed E-state index contributed by atoms with van der Waals surface area (Å²) >= 11 is 2.12. The van der Waals surface area contributed by atoms with Crippen molar-refractivity contribution in [1.82, 2.24) is 4.98 Å². The Hall–Kier alpha value is -0.460. The lowest BCUT2D eigenvalue weighted by molar-refractivity contribution is -0.0220. The van der Waals surface area contributed by atoms with Crippen molar-refractivity contribution < 1.29 is 8.78 Å². The topological polar surface area (TPSA) is 16.1 Å². The highest BCUT2D eigenvalue weighted by molar-refractivity contribution is 14.1. The Balaban J connectivity index is 2.04. The summed E-state index contributed by atoms with van der Waals surface area (Å²) in [5.74, 6) is -2.48. The molecule has 82 valence electrons. The van der Waals surface area contributed by atoms with E-state index in [2.05, 4.69) is 27.6 Å². The molecule has 0 atom stereocenters. The molecule has 0 aliphatic carbocycles. The van der Waals surface area contributed by atoms with Crippen LogP contribution in [-0.4, -0.2) is 24.0 Å². The molecule has 0 unspecified atom stereocenters. The Morgan fingerprint density at radius 2 is 1.93 bits per heavy atom. The predicted molar refractivity (Wildman–Crippen MR) is 63.3 cm³/mol. The first kappa shape index (κ1) is 11.0. The lowest BCUT2D eigenvalue weighted by atomic mass is 10.1. The van der Waals surface area contributed by atoms with E-state index in [1.807, 2.05) is 17.0 Å². The Labute approximate surface area is 101 Å². The van der Waals surface area contributed by atoms with Crippen molar-refractivity contribution in [1.29, 1.82) is 0 Å². The summed E-state index contributed by atoms with van der Waals surface area (Å²) in [5.41, 5.74) is 0.936. The van der Waals surface area contributed by atoms with Crippen molar-refractivity contribution in [2.24, 2.45) is 0 Å². The largest absolute Gasteiger partial charge is 0.370 e. The zero-order valence-electron chi connectivity index (χ0n) is 8.09. The van der Waals surface area contributed by atoms with Crippen molar-refractivity contribution in [3.8, 4) is 0 Å². The second kappa shape index (κ2) is 4.19. The Kier molecular flexibility index (Phi) is 3.08. The van der Waals surface area contributed by atoms with E-state index in [1.165, 1.54) is 0 Å². The van der Waals surface area contributed by atoms with Crippen LogP contribution < -0.4 is 4.90 Å². The van der Waals surface area contributed by atoms with Crippen molar-refractivity contribution >= 4 is 28.3 Å². The smallest absolute Gasteiger partial charge is 0.251 e. The van der Waals surface area contributed by atoms with Crippen LogP contribution in [0.4, 0.5) is 14.5 Å². The number of aromatic nitrogens is 1. The van der Waals surface area contributed by atoms with Gasteiger partial charge in [0.1, 0.15) is 3.70 Å². The van der Waals surface area contributed by atoms with Crippen LogP contribution >= 0.6 is 22.6 Å². The van der Waals surface area contributed by atoms with E-state index in [0.29, 0.717) is 13.1 Å². The first-order chi connectivity index (χ1) is 7.07. The molecule has 0 bridgehead atoms. The van der Waals surface area contributed by atoms with E-state index in [1.54, 1.807) is 6.20 Å². The monoisotopic (exact) mass is 324 g/mol. The number of hydrogen-bond donors (Lipinski definition) is 0. The highest BCUT2D eigenvalue weighted by Crippen LogP contribution is 2.30. The first-order valence-corrected chi connectivity index (χ1v) is 5.89. The fourth-order valence-corrected chi connectivity index (χ4v) is 1.97. The molecule has 2 nitrogen and oxygen atoms in total. The molecule has 0 amide bonds. The Morgan fingerprint density at radius 3 is 2.47 bits per heavy atom. The fraction of sp³-hybridized carbons (Fsp3) is 0.500. The van der Waals surface area contributed by atoms with Gasteiger partial charge in [-0.25, -0.2) is 13.8 Å². The lowest BCUT2D eigenvalue weighted by Gasteiger charge is -2.33. The minimum atomic E-state index is -2.48. The number of rotatable bonds is 1. The molecule has 2 heterocycles. The predicted octanol–water partition coefficient (Wildman–Crippen LogP) is 2.92. The van der Waals surface area contributed by atoms with E-state index in [4.69, 9.17) is 0 Å². The molecule has 1 aliphatic heterocycles. The van der Waals surface area contributed by atoms with Crippen LogP contribution in [0, 0.1) is 3.70 Å². The van der Waals surface area contributed by atoms with Crippen molar-refractivity contribution in [3.63, 3.8) is 0 Å². The van der Waals surface area contributed by atoms with Gasteiger partial charge in [-0.3, -0.25) is 0 Å². The van der Waals surface area contributed by atoms with E-state index >= 15 is 0 Å². The van der Waals surface area contributed by atoms with E-state index in [-0.39, 0.29) is 12.8 Å². The van der Waals surface area contributed by atoms with E-state index < -0.39 is 5.92 Å². The average Bonchev–Trinajstić information content (AvgIpc) is 2.20. The van der Waals surface area contributed by atoms with Gasteiger partial charge in [-0.05, 0) is 34.7 Å². The summed E-state index contributed by atoms with van der Waals surface area (Å²) in [6, 6.07) is 3.82. The number of nitrogens with zero attached hydrogens (tertiary/aromatic N) is 2. The first-order valence-electron chi connectivity index (χ1n) is 4.81. The highest BCUT2D eigenvalue weighted by Gasteiger charge is 2.33. The molecular weight excluding hydrogens is 313 g/mol. The lowest BCUT2D eigenvalue weighted by Crippen LogP contribution is -2.39. The molecule has 1 saturated heterocycles. The average molecular weight is 324 g/mol. The molecule has 5 heteroatoms. The number of anilines is 1. The molecule has 1 aromatic rings. The summed E-state index contributed by atoms with van der Waals surface area (Å²) in [7, 11) is 0. The molecule has 15 heavy (non-hydrogen) atoms. The summed E-state index contributed by atoms with van der Waals surface area (Å²) in [4.78, 5) is 6.11. The van der Waals surface area contributed by atoms with Crippen LogP contribution in [0.2, 0.25) is 0 Å². The number of alkyl halides is 2. The molecule has 2 rings (SSSR count). The van der Waals surface area contributed by atoms with Gasteiger partial charge in [-0.2, -0.15) is 0 Å². The normalized spacial score (nSPS) is 20.3. The second-order valence-corrected chi connectivity index (χ2v) is 4.79. The van der Waals surface area contributed by atoms with Crippen molar-refractivity contribution in [2.75, 3.05) is 18.0 Å². The van der Waals surface area contributed by atoms with Gasteiger partial charge in [0.05, 0.1) is 11.9 Å². The third-order valence-electron chi connectivity index (χ3n) is 2.57. The molecule has 0 radical (unpaired) electrons. The highest BCUT2D eigenvalue weighted by atomic mass is 127. The second-order valence-electron chi connectivity index (χ2n) is 3.68. The summed E-state index contributed by atoms with van der Waals surface area (Å²) in [5, 5.41) is 0. The Bertz CT molecular complexity index is 330. The zero-order chi connectivity index (χ0) is 10.9. The van der Waals surface area contributed by atoms with E-state index in [9.17, 15) is 8.78 Å². The van der Waals surface area contributed by atoms with E-state index in [0.717, 1.165) is 9.39 Å². The van der Waals surface area contributed by atoms with Crippen molar-refractivity contribution in [2.45, 2.75) is 18.8 Å². The van der Waals surface area contributed by atoms with Crippen molar-refractivity contribution in [3.05, 3.63) is 22.0 Å². The standard InChI is InChI=1S/C10H11F2IN2/c11-10(12)3-5-15(6-4-10)8-1-2-9(13)14-7-8/h1-2,7H,3-6H2. The minimum absolute atomic E-state index is 0.0566. The van der Waals surface area contributed by atoms with Crippen LogP contribution in [0.5, 0.6) is 0 Å². The molecule has 1 fully saturated rings. The third kappa shape index (κ3) is 2.76. The number of piperidine rings is 1. The van der Waals surface area contributed by atoms with Gasteiger partial charge in [0.15, 0.2) is 0 Å². The number of hydrogen-bond acceptors (Lipinski definition) is 2. The minimum Gasteiger partial charge on any atom is -0.370 e. The molecule has 0 spiro atoms. The van der Waals surface area contributed by atoms with Gasteiger partial charge < -0.3 is 4.90 Å². The fourth-order valence-electron chi connectivity index (χ4n) is 1.65. The molecule has 0 aromatic carbocycles. The SMILES string of the molecule is FC1(F)CCN(c2ccc(I)nc2)CC1. The maximum Gasteiger partial charge on any atom is 0.251 e. The van der Waals surface area contributed by atoms with Gasteiger partial charge in [0.25, 0.3) is 5.92 Å². The van der Waals surface area contributed by atoms with Gasteiger partial charge in [-0.1, -0.05) is 0 Å². The van der Waals surface area contributed by atoms with Crippen LogP contribution in [0.1, 0.15) is 12.8 Å². The molecule has 0 saturated carbocycles. The summed E-state index contributed by atoms with van der Waals surface area (Å²) < 4.78 is 26.7. The summed E-state index contributed by atoms with van der Waals surface area (Å²) in [6.45, 7) is 0.824. The summed E-state index contributed by atoms with van der Waals surface area (Å²) in [6.07, 6.45) is 1.63. The van der Waals surface area contributed by atoms with Gasteiger partial charge in [0.2, 0.25) is 0 Å². The van der Waals surface area contributed by atoms with Gasteiger partial charge in [0, 0.05) is 25.9 Å². The molecule has 1 aliphatic rings. The number of pyridine rings is 1. The maximum absolute atomic E-state index is 12.9.